The Hall–Kier alpha value is -2.11. The number of hydrogen-bond donors (Lipinski definition) is 2. The quantitative estimate of drug-likeness (QED) is 0.568. The fourth-order valence-corrected chi connectivity index (χ4v) is 2.03. The Morgan fingerprint density at radius 2 is 1.65 bits per heavy atom. The number of hydrogen-bond acceptors (Lipinski definition) is 4. The molecule has 2 N–H and O–H groups in total. The van der Waals surface area contributed by atoms with Gasteiger partial charge in [0, 0.05) is 25.2 Å². The SMILES string of the molecule is CCNC(=NCc1c(OC)cc(OC)cc1OC)NCC(C)C. The Labute approximate surface area is 139 Å². The number of rotatable bonds is 8. The van der Waals surface area contributed by atoms with E-state index in [1.165, 1.54) is 0 Å². The molecule has 23 heavy (non-hydrogen) atoms. The topological polar surface area (TPSA) is 64.1 Å². The van der Waals surface area contributed by atoms with Crippen molar-refractivity contribution >= 4 is 5.96 Å². The van der Waals surface area contributed by atoms with Crippen LogP contribution in [-0.4, -0.2) is 40.4 Å². The van der Waals surface area contributed by atoms with E-state index in [4.69, 9.17) is 14.2 Å². The van der Waals surface area contributed by atoms with Crippen LogP contribution < -0.4 is 24.8 Å². The van der Waals surface area contributed by atoms with E-state index in [9.17, 15) is 0 Å². The molecule has 0 aliphatic rings. The average Bonchev–Trinajstić information content (AvgIpc) is 2.56. The van der Waals surface area contributed by atoms with Crippen LogP contribution in [0.5, 0.6) is 17.2 Å². The first kappa shape index (κ1) is 18.9. The van der Waals surface area contributed by atoms with Crippen molar-refractivity contribution < 1.29 is 14.2 Å². The van der Waals surface area contributed by atoms with E-state index in [0.717, 1.165) is 24.6 Å². The lowest BCUT2D eigenvalue weighted by Gasteiger charge is -2.16. The summed E-state index contributed by atoms with van der Waals surface area (Å²) in [4.78, 5) is 4.62. The van der Waals surface area contributed by atoms with Crippen molar-refractivity contribution in [3.63, 3.8) is 0 Å². The third kappa shape index (κ3) is 5.88. The molecule has 1 aromatic carbocycles. The maximum Gasteiger partial charge on any atom is 0.191 e. The average molecular weight is 323 g/mol. The lowest BCUT2D eigenvalue weighted by molar-refractivity contribution is 0.369. The Morgan fingerprint density at radius 1 is 1.04 bits per heavy atom. The first-order chi connectivity index (χ1) is 11.0. The molecule has 0 saturated carbocycles. The third-order valence-corrected chi connectivity index (χ3v) is 3.23. The van der Waals surface area contributed by atoms with Gasteiger partial charge in [-0.2, -0.15) is 0 Å². The summed E-state index contributed by atoms with van der Waals surface area (Å²) in [5.41, 5.74) is 0.887. The van der Waals surface area contributed by atoms with E-state index < -0.39 is 0 Å². The third-order valence-electron chi connectivity index (χ3n) is 3.23. The molecule has 0 spiro atoms. The summed E-state index contributed by atoms with van der Waals surface area (Å²) in [5.74, 6) is 3.41. The molecule has 0 aliphatic heterocycles. The number of benzene rings is 1. The van der Waals surface area contributed by atoms with Gasteiger partial charge in [-0.3, -0.25) is 0 Å². The highest BCUT2D eigenvalue weighted by Gasteiger charge is 2.13. The number of methoxy groups -OCH3 is 3. The van der Waals surface area contributed by atoms with Crippen LogP contribution in [-0.2, 0) is 6.54 Å². The number of nitrogens with zero attached hydrogens (tertiary/aromatic N) is 1. The molecular formula is C17H29N3O3. The largest absolute Gasteiger partial charge is 0.496 e. The van der Waals surface area contributed by atoms with Crippen LogP contribution in [0.1, 0.15) is 26.3 Å². The van der Waals surface area contributed by atoms with Crippen molar-refractivity contribution in [3.8, 4) is 17.2 Å². The monoisotopic (exact) mass is 323 g/mol. The molecule has 0 aliphatic carbocycles. The van der Waals surface area contributed by atoms with Gasteiger partial charge in [0.15, 0.2) is 5.96 Å². The maximum atomic E-state index is 5.45. The summed E-state index contributed by atoms with van der Waals surface area (Å²) in [7, 11) is 4.87. The maximum absolute atomic E-state index is 5.45. The number of nitrogens with one attached hydrogen (secondary N) is 2. The molecule has 1 aromatic rings. The van der Waals surface area contributed by atoms with Gasteiger partial charge in [-0.1, -0.05) is 13.8 Å². The van der Waals surface area contributed by atoms with Gasteiger partial charge in [0.1, 0.15) is 17.2 Å². The fraction of sp³-hybridized carbons (Fsp3) is 0.588. The second kappa shape index (κ2) is 9.82. The van der Waals surface area contributed by atoms with Gasteiger partial charge in [0.05, 0.1) is 33.4 Å². The zero-order valence-electron chi connectivity index (χ0n) is 15.0. The van der Waals surface area contributed by atoms with Gasteiger partial charge in [0.25, 0.3) is 0 Å². The van der Waals surface area contributed by atoms with Crippen molar-refractivity contribution in [3.05, 3.63) is 17.7 Å². The second-order valence-corrected chi connectivity index (χ2v) is 5.48. The van der Waals surface area contributed by atoms with Gasteiger partial charge in [-0.05, 0) is 12.8 Å². The van der Waals surface area contributed by atoms with Gasteiger partial charge < -0.3 is 24.8 Å². The van der Waals surface area contributed by atoms with E-state index in [0.29, 0.717) is 29.7 Å². The lowest BCUT2D eigenvalue weighted by atomic mass is 10.1. The number of aliphatic imine (C=N–C) groups is 1. The first-order valence-corrected chi connectivity index (χ1v) is 7.86. The van der Waals surface area contributed by atoms with Gasteiger partial charge in [-0.15, -0.1) is 0 Å². The molecule has 6 nitrogen and oxygen atoms in total. The van der Waals surface area contributed by atoms with E-state index in [2.05, 4.69) is 29.5 Å². The van der Waals surface area contributed by atoms with Crippen LogP contribution in [0.15, 0.2) is 17.1 Å². The van der Waals surface area contributed by atoms with E-state index >= 15 is 0 Å². The molecule has 0 fully saturated rings. The molecule has 130 valence electrons. The first-order valence-electron chi connectivity index (χ1n) is 7.86. The Kier molecular flexibility index (Phi) is 8.08. The molecule has 0 bridgehead atoms. The van der Waals surface area contributed by atoms with Crippen molar-refractivity contribution in [2.24, 2.45) is 10.9 Å². The van der Waals surface area contributed by atoms with Crippen LogP contribution in [0.4, 0.5) is 0 Å². The molecule has 6 heteroatoms. The standard InChI is InChI=1S/C17H29N3O3/c1-7-18-17(19-10-12(2)3)20-11-14-15(22-5)8-13(21-4)9-16(14)23-6/h8-9,12H,7,10-11H2,1-6H3,(H2,18,19,20). The predicted molar refractivity (Wildman–Crippen MR) is 93.8 cm³/mol. The molecule has 0 aromatic heterocycles. The Balaban J connectivity index is 3.01. The minimum absolute atomic E-state index is 0.448. The van der Waals surface area contributed by atoms with E-state index in [1.807, 2.05) is 19.1 Å². The van der Waals surface area contributed by atoms with Gasteiger partial charge in [-0.25, -0.2) is 4.99 Å². The summed E-state index contributed by atoms with van der Waals surface area (Å²) in [6.45, 7) is 8.48. The molecule has 1 rings (SSSR count). The molecule has 0 heterocycles. The van der Waals surface area contributed by atoms with Crippen molar-refractivity contribution in [1.29, 1.82) is 0 Å². The lowest BCUT2D eigenvalue weighted by Crippen LogP contribution is -2.39. The zero-order chi connectivity index (χ0) is 17.2. The molecule has 0 saturated heterocycles. The summed E-state index contributed by atoms with van der Waals surface area (Å²) in [6.07, 6.45) is 0. The molecule has 0 amide bonds. The number of guanidine groups is 1. The molecule has 0 atom stereocenters. The minimum atomic E-state index is 0.448. The summed E-state index contributed by atoms with van der Waals surface area (Å²) in [5, 5.41) is 6.56. The van der Waals surface area contributed by atoms with Crippen molar-refractivity contribution in [1.82, 2.24) is 10.6 Å². The molecule has 0 unspecified atom stereocenters. The smallest absolute Gasteiger partial charge is 0.191 e. The molecular weight excluding hydrogens is 294 g/mol. The highest BCUT2D eigenvalue weighted by atomic mass is 16.5. The predicted octanol–water partition coefficient (Wildman–Crippen LogP) is 2.42. The highest BCUT2D eigenvalue weighted by Crippen LogP contribution is 2.34. The summed E-state index contributed by atoms with van der Waals surface area (Å²) in [6, 6.07) is 3.67. The Bertz CT molecular complexity index is 491. The van der Waals surface area contributed by atoms with E-state index in [1.54, 1.807) is 21.3 Å². The summed E-state index contributed by atoms with van der Waals surface area (Å²) < 4.78 is 16.2. The zero-order valence-corrected chi connectivity index (χ0v) is 15.0. The molecule has 0 radical (unpaired) electrons. The van der Waals surface area contributed by atoms with Crippen molar-refractivity contribution in [2.75, 3.05) is 34.4 Å². The van der Waals surface area contributed by atoms with Gasteiger partial charge in [0.2, 0.25) is 0 Å². The Morgan fingerprint density at radius 3 is 2.09 bits per heavy atom. The van der Waals surface area contributed by atoms with Crippen LogP contribution >= 0.6 is 0 Å². The summed E-state index contributed by atoms with van der Waals surface area (Å²) >= 11 is 0. The fourth-order valence-electron chi connectivity index (χ4n) is 2.03. The second-order valence-electron chi connectivity index (χ2n) is 5.48. The highest BCUT2D eigenvalue weighted by molar-refractivity contribution is 5.79. The van der Waals surface area contributed by atoms with Crippen LogP contribution in [0.25, 0.3) is 0 Å². The van der Waals surface area contributed by atoms with E-state index in [-0.39, 0.29) is 0 Å². The van der Waals surface area contributed by atoms with Crippen LogP contribution in [0.3, 0.4) is 0 Å². The number of ether oxygens (including phenoxy) is 3. The van der Waals surface area contributed by atoms with Crippen LogP contribution in [0, 0.1) is 5.92 Å². The van der Waals surface area contributed by atoms with Crippen LogP contribution in [0.2, 0.25) is 0 Å². The normalized spacial score (nSPS) is 11.3. The van der Waals surface area contributed by atoms with Gasteiger partial charge >= 0.3 is 0 Å². The minimum Gasteiger partial charge on any atom is -0.496 e. The van der Waals surface area contributed by atoms with Crippen molar-refractivity contribution in [2.45, 2.75) is 27.3 Å².